The fourth-order valence-corrected chi connectivity index (χ4v) is 3.85. The van der Waals surface area contributed by atoms with Gasteiger partial charge in [0.25, 0.3) is 5.91 Å². The molecule has 0 fully saturated rings. The van der Waals surface area contributed by atoms with Crippen molar-refractivity contribution in [2.24, 2.45) is 0 Å². The van der Waals surface area contributed by atoms with E-state index in [9.17, 15) is 39.9 Å². The Morgan fingerprint density at radius 2 is 1.43 bits per heavy atom. The van der Waals surface area contributed by atoms with Gasteiger partial charge in [-0.3, -0.25) is 4.79 Å². The summed E-state index contributed by atoms with van der Waals surface area (Å²) in [6.45, 7) is 0. The Hall–Kier alpha value is -1.89. The number of rotatable bonds is 4. The van der Waals surface area contributed by atoms with Crippen LogP contribution in [-0.4, -0.2) is 25.3 Å². The van der Waals surface area contributed by atoms with Gasteiger partial charge in [0.05, 0.1) is 16.9 Å². The zero-order chi connectivity index (χ0) is 23.1. The molecule has 2 aromatic rings. The zero-order valence-electron chi connectivity index (χ0n) is 14.6. The third-order valence-electron chi connectivity index (χ3n) is 3.97. The standard InChI is InChI=1S/C17H10Br2F8N2O/c1-28-11-4-2-3-8(12(11)20)14(30)29-13-9(18)5-7(6-10(13)19)15(21,16(22,23)24)17(25,26)27/h2-6,28H,1H3,(H,29,30). The van der Waals surface area contributed by atoms with E-state index in [1.165, 1.54) is 19.2 Å². The monoisotopic (exact) mass is 568 g/mol. The normalized spacial score (nSPS) is 12.6. The van der Waals surface area contributed by atoms with E-state index in [0.29, 0.717) is 0 Å². The highest BCUT2D eigenvalue weighted by Crippen LogP contribution is 2.54. The van der Waals surface area contributed by atoms with Gasteiger partial charge in [-0.25, -0.2) is 8.78 Å². The molecule has 0 aromatic heterocycles. The van der Waals surface area contributed by atoms with Crippen LogP contribution in [0.15, 0.2) is 39.3 Å². The van der Waals surface area contributed by atoms with E-state index in [4.69, 9.17) is 0 Å². The third-order valence-corrected chi connectivity index (χ3v) is 5.22. The number of hydrogen-bond donors (Lipinski definition) is 2. The van der Waals surface area contributed by atoms with Crippen LogP contribution in [0.2, 0.25) is 0 Å². The van der Waals surface area contributed by atoms with Crippen molar-refractivity contribution in [1.29, 1.82) is 0 Å². The summed E-state index contributed by atoms with van der Waals surface area (Å²) in [6, 6.07) is 4.27. The number of alkyl halides is 7. The van der Waals surface area contributed by atoms with E-state index in [0.717, 1.165) is 6.07 Å². The molecule has 0 heterocycles. The minimum atomic E-state index is -6.30. The summed E-state index contributed by atoms with van der Waals surface area (Å²) < 4.78 is 105. The molecule has 1 amide bonds. The minimum Gasteiger partial charge on any atom is -0.386 e. The maximum absolute atomic E-state index is 14.3. The molecule has 0 bridgehead atoms. The second-order valence-electron chi connectivity index (χ2n) is 5.84. The number of carbonyl (C=O) groups is 1. The molecule has 0 unspecified atom stereocenters. The maximum atomic E-state index is 14.3. The van der Waals surface area contributed by atoms with E-state index in [1.54, 1.807) is 0 Å². The summed E-state index contributed by atoms with van der Waals surface area (Å²) in [5, 5.41) is 4.66. The van der Waals surface area contributed by atoms with Gasteiger partial charge in [0.15, 0.2) is 5.82 Å². The van der Waals surface area contributed by atoms with Gasteiger partial charge >= 0.3 is 18.0 Å². The van der Waals surface area contributed by atoms with Crippen LogP contribution in [0.5, 0.6) is 0 Å². The quantitative estimate of drug-likeness (QED) is 0.392. The van der Waals surface area contributed by atoms with Crippen LogP contribution in [0, 0.1) is 5.82 Å². The van der Waals surface area contributed by atoms with Crippen molar-refractivity contribution in [2.75, 3.05) is 17.7 Å². The Morgan fingerprint density at radius 3 is 1.87 bits per heavy atom. The van der Waals surface area contributed by atoms with Crippen molar-refractivity contribution >= 4 is 49.1 Å². The molecule has 0 aliphatic heterocycles. The smallest absolute Gasteiger partial charge is 0.386 e. The molecule has 0 aliphatic rings. The van der Waals surface area contributed by atoms with Crippen LogP contribution in [0.1, 0.15) is 15.9 Å². The summed E-state index contributed by atoms with van der Waals surface area (Å²) >= 11 is 5.44. The molecular formula is C17H10Br2F8N2O. The molecule has 0 spiro atoms. The van der Waals surface area contributed by atoms with Gasteiger partial charge in [-0.1, -0.05) is 6.07 Å². The van der Waals surface area contributed by atoms with Gasteiger partial charge in [0.1, 0.15) is 0 Å². The van der Waals surface area contributed by atoms with Crippen LogP contribution in [0.3, 0.4) is 0 Å². The second kappa shape index (κ2) is 8.33. The van der Waals surface area contributed by atoms with Crippen LogP contribution in [0.25, 0.3) is 0 Å². The first-order valence-corrected chi connectivity index (χ1v) is 9.33. The Kier molecular flexibility index (Phi) is 6.77. The molecule has 0 atom stereocenters. The third kappa shape index (κ3) is 4.27. The van der Waals surface area contributed by atoms with E-state index in [1.807, 2.05) is 0 Å². The number of amides is 1. The average Bonchev–Trinajstić information content (AvgIpc) is 2.61. The Bertz CT molecular complexity index is 938. The SMILES string of the molecule is CNc1cccc(C(=O)Nc2c(Br)cc(C(F)(C(F)(F)F)C(F)(F)F)cc2Br)c1F. The zero-order valence-corrected chi connectivity index (χ0v) is 17.7. The predicted molar refractivity (Wildman–Crippen MR) is 101 cm³/mol. The molecule has 164 valence electrons. The number of nitrogens with one attached hydrogen (secondary N) is 2. The predicted octanol–water partition coefficient (Wildman–Crippen LogP) is 6.93. The van der Waals surface area contributed by atoms with Crippen molar-refractivity contribution in [1.82, 2.24) is 0 Å². The Balaban J connectivity index is 2.51. The molecule has 2 rings (SSSR count). The molecule has 0 aliphatic carbocycles. The van der Waals surface area contributed by atoms with E-state index < -0.39 is 49.8 Å². The van der Waals surface area contributed by atoms with Crippen LogP contribution in [0.4, 0.5) is 46.5 Å². The lowest BCUT2D eigenvalue weighted by Crippen LogP contribution is -2.50. The number of hydrogen-bond acceptors (Lipinski definition) is 2. The highest BCUT2D eigenvalue weighted by atomic mass is 79.9. The summed E-state index contributed by atoms with van der Waals surface area (Å²) in [7, 11) is 1.40. The van der Waals surface area contributed by atoms with Crippen molar-refractivity contribution in [2.45, 2.75) is 18.0 Å². The van der Waals surface area contributed by atoms with Crippen molar-refractivity contribution in [3.8, 4) is 0 Å². The lowest BCUT2D eigenvalue weighted by molar-refractivity contribution is -0.348. The second-order valence-corrected chi connectivity index (χ2v) is 7.55. The minimum absolute atomic E-state index is 0.0197. The first-order chi connectivity index (χ1) is 13.6. The van der Waals surface area contributed by atoms with Gasteiger partial charge in [0, 0.05) is 21.6 Å². The lowest BCUT2D eigenvalue weighted by Gasteiger charge is -2.31. The van der Waals surface area contributed by atoms with Crippen LogP contribution >= 0.6 is 31.9 Å². The largest absolute Gasteiger partial charge is 0.435 e. The summed E-state index contributed by atoms with van der Waals surface area (Å²) in [5.74, 6) is -1.98. The molecule has 2 aromatic carbocycles. The maximum Gasteiger partial charge on any atom is 0.435 e. The molecule has 3 nitrogen and oxygen atoms in total. The van der Waals surface area contributed by atoms with Crippen molar-refractivity contribution < 1.29 is 39.9 Å². The highest BCUT2D eigenvalue weighted by molar-refractivity contribution is 9.11. The number of benzene rings is 2. The number of halogens is 10. The molecule has 2 N–H and O–H groups in total. The highest BCUT2D eigenvalue weighted by Gasteiger charge is 2.73. The molecule has 30 heavy (non-hydrogen) atoms. The summed E-state index contributed by atoms with van der Waals surface area (Å²) in [4.78, 5) is 12.4. The fourth-order valence-electron chi connectivity index (χ4n) is 2.46. The van der Waals surface area contributed by atoms with E-state index >= 15 is 0 Å². The van der Waals surface area contributed by atoms with Gasteiger partial charge in [-0.2, -0.15) is 26.3 Å². The van der Waals surface area contributed by atoms with Crippen molar-refractivity contribution in [3.63, 3.8) is 0 Å². The Labute approximate surface area is 181 Å². The van der Waals surface area contributed by atoms with Gasteiger partial charge in [-0.15, -0.1) is 0 Å². The van der Waals surface area contributed by atoms with E-state index in [-0.39, 0.29) is 23.5 Å². The van der Waals surface area contributed by atoms with Gasteiger partial charge in [-0.05, 0) is 56.1 Å². The molecule has 0 saturated carbocycles. The van der Waals surface area contributed by atoms with Crippen LogP contribution < -0.4 is 10.6 Å². The first kappa shape index (κ1) is 24.4. The fraction of sp³-hybridized carbons (Fsp3) is 0.235. The summed E-state index contributed by atoms with van der Waals surface area (Å²) in [5.41, 5.74) is -8.21. The van der Waals surface area contributed by atoms with Crippen LogP contribution in [-0.2, 0) is 5.67 Å². The average molecular weight is 570 g/mol. The van der Waals surface area contributed by atoms with Gasteiger partial charge < -0.3 is 10.6 Å². The Morgan fingerprint density at radius 1 is 0.933 bits per heavy atom. The van der Waals surface area contributed by atoms with Gasteiger partial charge in [0.2, 0.25) is 0 Å². The molecule has 0 saturated heterocycles. The lowest BCUT2D eigenvalue weighted by atomic mass is 9.94. The van der Waals surface area contributed by atoms with Crippen molar-refractivity contribution in [3.05, 3.63) is 56.2 Å². The molecule has 13 heteroatoms. The molecular weight excluding hydrogens is 560 g/mol. The number of anilines is 2. The first-order valence-electron chi connectivity index (χ1n) is 7.74. The topological polar surface area (TPSA) is 41.1 Å². The summed E-state index contributed by atoms with van der Waals surface area (Å²) in [6.07, 6.45) is -12.6. The number of carbonyl (C=O) groups excluding carboxylic acids is 1. The van der Waals surface area contributed by atoms with E-state index in [2.05, 4.69) is 42.5 Å². The molecule has 0 radical (unpaired) electrons.